The third-order valence-corrected chi connectivity index (χ3v) is 2.54. The van der Waals surface area contributed by atoms with Gasteiger partial charge in [-0.15, -0.1) is 11.3 Å². The molecular formula is C9H7NS. The van der Waals surface area contributed by atoms with Gasteiger partial charge >= 0.3 is 0 Å². The highest BCUT2D eigenvalue weighted by Crippen LogP contribution is 2.23. The van der Waals surface area contributed by atoms with Crippen molar-refractivity contribution in [1.82, 2.24) is 4.98 Å². The molecule has 2 heterocycles. The van der Waals surface area contributed by atoms with Crippen molar-refractivity contribution < 1.29 is 0 Å². The van der Waals surface area contributed by atoms with Crippen molar-refractivity contribution in [2.45, 2.75) is 0 Å². The summed E-state index contributed by atoms with van der Waals surface area (Å²) in [6, 6.07) is 4.10. The maximum atomic E-state index is 4.19. The summed E-state index contributed by atoms with van der Waals surface area (Å²) < 4.78 is 1.22. The summed E-state index contributed by atoms with van der Waals surface area (Å²) in [6.07, 6.45) is 3.60. The Bertz CT molecular complexity index is 389. The molecule has 0 radical (unpaired) electrons. The third-order valence-electron chi connectivity index (χ3n) is 1.59. The fraction of sp³-hybridized carbons (Fsp3) is 0. The highest BCUT2D eigenvalue weighted by molar-refractivity contribution is 7.17. The van der Waals surface area contributed by atoms with Crippen LogP contribution >= 0.6 is 11.3 Å². The maximum Gasteiger partial charge on any atom is 0.0801 e. The SMILES string of the molecule is C=Cc1nccc2ccsc12. The summed E-state index contributed by atoms with van der Waals surface area (Å²) in [6.45, 7) is 3.70. The van der Waals surface area contributed by atoms with Crippen LogP contribution in [0.25, 0.3) is 16.2 Å². The van der Waals surface area contributed by atoms with Crippen molar-refractivity contribution in [3.05, 3.63) is 36.0 Å². The van der Waals surface area contributed by atoms with Crippen LogP contribution < -0.4 is 0 Å². The van der Waals surface area contributed by atoms with Crippen LogP contribution in [0.4, 0.5) is 0 Å². The average Bonchev–Trinajstić information content (AvgIpc) is 2.50. The van der Waals surface area contributed by atoms with E-state index in [0.717, 1.165) is 5.69 Å². The zero-order chi connectivity index (χ0) is 7.68. The first-order chi connectivity index (χ1) is 5.42. The molecule has 0 aromatic carbocycles. The summed E-state index contributed by atoms with van der Waals surface area (Å²) in [4.78, 5) is 4.19. The molecule has 0 bridgehead atoms. The summed E-state index contributed by atoms with van der Waals surface area (Å²) in [5, 5.41) is 3.32. The van der Waals surface area contributed by atoms with Gasteiger partial charge in [-0.05, 0) is 29.0 Å². The highest BCUT2D eigenvalue weighted by Gasteiger charge is 1.97. The van der Waals surface area contributed by atoms with E-state index >= 15 is 0 Å². The highest BCUT2D eigenvalue weighted by atomic mass is 32.1. The molecule has 0 aliphatic rings. The number of aromatic nitrogens is 1. The van der Waals surface area contributed by atoms with Gasteiger partial charge in [-0.2, -0.15) is 0 Å². The second-order valence-electron chi connectivity index (χ2n) is 2.24. The second kappa shape index (κ2) is 2.47. The lowest BCUT2D eigenvalue weighted by Crippen LogP contribution is -1.76. The van der Waals surface area contributed by atoms with Crippen LogP contribution in [0.1, 0.15) is 5.69 Å². The molecule has 2 rings (SSSR count). The van der Waals surface area contributed by atoms with E-state index in [1.54, 1.807) is 17.4 Å². The molecule has 11 heavy (non-hydrogen) atoms. The molecule has 0 saturated heterocycles. The molecule has 0 aliphatic heterocycles. The number of pyridine rings is 1. The molecule has 0 spiro atoms. The van der Waals surface area contributed by atoms with Gasteiger partial charge < -0.3 is 0 Å². The van der Waals surface area contributed by atoms with Crippen LogP contribution in [0.5, 0.6) is 0 Å². The van der Waals surface area contributed by atoms with Gasteiger partial charge in [0, 0.05) is 6.20 Å². The van der Waals surface area contributed by atoms with E-state index in [4.69, 9.17) is 0 Å². The van der Waals surface area contributed by atoms with Gasteiger partial charge in [0.1, 0.15) is 0 Å². The Labute approximate surface area is 69.0 Å². The minimum Gasteiger partial charge on any atom is -0.255 e. The van der Waals surface area contributed by atoms with Gasteiger partial charge in [-0.1, -0.05) is 6.58 Å². The van der Waals surface area contributed by atoms with E-state index in [1.165, 1.54) is 10.1 Å². The summed E-state index contributed by atoms with van der Waals surface area (Å²) in [7, 11) is 0. The Morgan fingerprint density at radius 1 is 1.45 bits per heavy atom. The molecule has 54 valence electrons. The third kappa shape index (κ3) is 0.955. The van der Waals surface area contributed by atoms with Crippen LogP contribution in [-0.4, -0.2) is 4.98 Å². The number of thiophene rings is 1. The van der Waals surface area contributed by atoms with Crippen molar-refractivity contribution in [3.63, 3.8) is 0 Å². The van der Waals surface area contributed by atoms with E-state index in [1.807, 2.05) is 12.3 Å². The van der Waals surface area contributed by atoms with E-state index in [9.17, 15) is 0 Å². The predicted molar refractivity (Wildman–Crippen MR) is 49.7 cm³/mol. The number of fused-ring (bicyclic) bond motifs is 1. The largest absolute Gasteiger partial charge is 0.255 e. The molecule has 0 saturated carbocycles. The lowest BCUT2D eigenvalue weighted by atomic mass is 10.3. The molecule has 0 atom stereocenters. The maximum absolute atomic E-state index is 4.19. The zero-order valence-corrected chi connectivity index (χ0v) is 6.77. The van der Waals surface area contributed by atoms with Crippen molar-refractivity contribution in [2.24, 2.45) is 0 Å². The minimum atomic E-state index is 0.984. The molecule has 0 aliphatic carbocycles. The van der Waals surface area contributed by atoms with Crippen molar-refractivity contribution in [1.29, 1.82) is 0 Å². The Morgan fingerprint density at radius 3 is 3.18 bits per heavy atom. The summed E-state index contributed by atoms with van der Waals surface area (Å²) >= 11 is 1.70. The van der Waals surface area contributed by atoms with E-state index in [0.29, 0.717) is 0 Å². The van der Waals surface area contributed by atoms with Gasteiger partial charge in [0.2, 0.25) is 0 Å². The first kappa shape index (κ1) is 6.55. The number of nitrogens with zero attached hydrogens (tertiary/aromatic N) is 1. The minimum absolute atomic E-state index is 0.984. The number of hydrogen-bond donors (Lipinski definition) is 0. The Morgan fingerprint density at radius 2 is 2.36 bits per heavy atom. The normalized spacial score (nSPS) is 10.2. The van der Waals surface area contributed by atoms with Gasteiger partial charge in [-0.3, -0.25) is 4.98 Å². The predicted octanol–water partition coefficient (Wildman–Crippen LogP) is 2.94. The van der Waals surface area contributed by atoms with Crippen molar-refractivity contribution in [3.8, 4) is 0 Å². The number of rotatable bonds is 1. The molecule has 2 aromatic rings. The molecule has 0 fully saturated rings. The van der Waals surface area contributed by atoms with Crippen molar-refractivity contribution in [2.75, 3.05) is 0 Å². The smallest absolute Gasteiger partial charge is 0.0801 e. The molecular weight excluding hydrogens is 154 g/mol. The van der Waals surface area contributed by atoms with E-state index < -0.39 is 0 Å². The molecule has 0 unspecified atom stereocenters. The van der Waals surface area contributed by atoms with Crippen LogP contribution in [0.2, 0.25) is 0 Å². The van der Waals surface area contributed by atoms with Crippen LogP contribution in [0.3, 0.4) is 0 Å². The summed E-state index contributed by atoms with van der Waals surface area (Å²) in [5.41, 5.74) is 0.984. The van der Waals surface area contributed by atoms with E-state index in [-0.39, 0.29) is 0 Å². The topological polar surface area (TPSA) is 12.9 Å². The number of hydrogen-bond acceptors (Lipinski definition) is 2. The lowest BCUT2D eigenvalue weighted by molar-refractivity contribution is 1.34. The molecule has 2 aromatic heterocycles. The van der Waals surface area contributed by atoms with Crippen molar-refractivity contribution >= 4 is 27.5 Å². The molecule has 2 heteroatoms. The first-order valence-corrected chi connectivity index (χ1v) is 4.24. The van der Waals surface area contributed by atoms with Crippen LogP contribution in [-0.2, 0) is 0 Å². The zero-order valence-electron chi connectivity index (χ0n) is 5.95. The van der Waals surface area contributed by atoms with E-state index in [2.05, 4.69) is 23.0 Å². The second-order valence-corrected chi connectivity index (χ2v) is 3.16. The fourth-order valence-electron chi connectivity index (χ4n) is 1.06. The first-order valence-electron chi connectivity index (χ1n) is 3.36. The standard InChI is InChI=1S/C9H7NS/c1-2-8-9-7(3-5-10-8)4-6-11-9/h2-6H,1H2. The Balaban J connectivity index is 2.88. The quantitative estimate of drug-likeness (QED) is 0.626. The average molecular weight is 161 g/mol. The van der Waals surface area contributed by atoms with Crippen LogP contribution in [0.15, 0.2) is 30.3 Å². The van der Waals surface area contributed by atoms with Gasteiger partial charge in [-0.25, -0.2) is 0 Å². The Hall–Kier alpha value is -1.15. The molecule has 0 amide bonds. The fourth-order valence-corrected chi connectivity index (χ4v) is 1.94. The van der Waals surface area contributed by atoms with Crippen LogP contribution in [0, 0.1) is 0 Å². The Kier molecular flexibility index (Phi) is 1.47. The lowest BCUT2D eigenvalue weighted by Gasteiger charge is -1.92. The summed E-state index contributed by atoms with van der Waals surface area (Å²) in [5.74, 6) is 0. The molecule has 1 nitrogen and oxygen atoms in total. The monoisotopic (exact) mass is 161 g/mol. The van der Waals surface area contributed by atoms with Gasteiger partial charge in [0.15, 0.2) is 0 Å². The molecule has 0 N–H and O–H groups in total. The van der Waals surface area contributed by atoms with Gasteiger partial charge in [0.05, 0.1) is 10.4 Å². The van der Waals surface area contributed by atoms with Gasteiger partial charge in [0.25, 0.3) is 0 Å².